The summed E-state index contributed by atoms with van der Waals surface area (Å²) in [5, 5.41) is 12.2. The van der Waals surface area contributed by atoms with Crippen molar-refractivity contribution in [3.05, 3.63) is 57.3 Å². The zero-order chi connectivity index (χ0) is 19.8. The first-order chi connectivity index (χ1) is 13.4. The molecule has 146 valence electrons. The summed E-state index contributed by atoms with van der Waals surface area (Å²) in [6.45, 7) is 1.94. The number of amides is 1. The van der Waals surface area contributed by atoms with E-state index in [1.54, 1.807) is 11.3 Å². The van der Waals surface area contributed by atoms with Crippen molar-refractivity contribution in [2.24, 2.45) is 0 Å². The van der Waals surface area contributed by atoms with Crippen LogP contribution in [0.3, 0.4) is 0 Å². The molecule has 1 N–H and O–H groups in total. The lowest BCUT2D eigenvalue weighted by Crippen LogP contribution is -2.41. The summed E-state index contributed by atoms with van der Waals surface area (Å²) in [6.07, 6.45) is 4.71. The largest absolute Gasteiger partial charge is 0.481 e. The number of aliphatic carboxylic acids is 1. The Labute approximate surface area is 167 Å². The van der Waals surface area contributed by atoms with Gasteiger partial charge in [0.25, 0.3) is 0 Å². The lowest BCUT2D eigenvalue weighted by Gasteiger charge is -2.32. The quantitative estimate of drug-likeness (QED) is 0.718. The van der Waals surface area contributed by atoms with Gasteiger partial charge in [0.15, 0.2) is 0 Å². The summed E-state index contributed by atoms with van der Waals surface area (Å²) in [4.78, 5) is 30.4. The van der Waals surface area contributed by atoms with Crippen molar-refractivity contribution < 1.29 is 14.7 Å². The van der Waals surface area contributed by atoms with Crippen molar-refractivity contribution in [1.82, 2.24) is 14.3 Å². The fourth-order valence-corrected chi connectivity index (χ4v) is 4.82. The van der Waals surface area contributed by atoms with Gasteiger partial charge < -0.3 is 14.4 Å². The maximum absolute atomic E-state index is 12.8. The molecule has 1 aliphatic carbocycles. The number of nitrogens with zero attached hydrogens (tertiary/aromatic N) is 3. The van der Waals surface area contributed by atoms with E-state index >= 15 is 0 Å². The van der Waals surface area contributed by atoms with Crippen LogP contribution >= 0.6 is 11.3 Å². The number of aromatic nitrogens is 2. The minimum absolute atomic E-state index is 0.0332. The molecule has 1 atom stereocenters. The average molecular weight is 398 g/mol. The summed E-state index contributed by atoms with van der Waals surface area (Å²) in [5.74, 6) is -0.738. The molecular formula is C21H23N3O3S. The van der Waals surface area contributed by atoms with Crippen LogP contribution in [0.2, 0.25) is 0 Å². The SMILES string of the molecule is Cc1nc(CC(=O)N(C)[C@@H]2CCc3c(CC(=O)O)c4ccccn4c3C2)cs1. The van der Waals surface area contributed by atoms with Gasteiger partial charge in [-0.05, 0) is 43.0 Å². The lowest BCUT2D eigenvalue weighted by atomic mass is 9.89. The number of likely N-dealkylation sites (N-methyl/N-ethyl adjacent to an activating group) is 1. The van der Waals surface area contributed by atoms with Crippen LogP contribution in [0.4, 0.5) is 0 Å². The first-order valence-electron chi connectivity index (χ1n) is 9.42. The van der Waals surface area contributed by atoms with Crippen LogP contribution in [-0.2, 0) is 35.3 Å². The zero-order valence-electron chi connectivity index (χ0n) is 16.0. The van der Waals surface area contributed by atoms with E-state index in [2.05, 4.69) is 9.38 Å². The van der Waals surface area contributed by atoms with E-state index in [1.807, 2.05) is 48.6 Å². The van der Waals surface area contributed by atoms with Crippen molar-refractivity contribution in [3.63, 3.8) is 0 Å². The number of fused-ring (bicyclic) bond motifs is 3. The topological polar surface area (TPSA) is 74.9 Å². The molecule has 7 heteroatoms. The van der Waals surface area contributed by atoms with E-state index < -0.39 is 5.97 Å². The maximum Gasteiger partial charge on any atom is 0.307 e. The molecule has 0 fully saturated rings. The van der Waals surface area contributed by atoms with Crippen LogP contribution in [0.5, 0.6) is 0 Å². The predicted molar refractivity (Wildman–Crippen MR) is 108 cm³/mol. The highest BCUT2D eigenvalue weighted by Crippen LogP contribution is 2.32. The molecule has 0 aromatic carbocycles. The number of pyridine rings is 1. The van der Waals surface area contributed by atoms with E-state index in [0.29, 0.717) is 6.42 Å². The number of carboxylic acids is 1. The maximum atomic E-state index is 12.8. The Morgan fingerprint density at radius 1 is 1.36 bits per heavy atom. The average Bonchev–Trinajstić information content (AvgIpc) is 3.22. The first kappa shape index (κ1) is 18.7. The highest BCUT2D eigenvalue weighted by molar-refractivity contribution is 7.09. The molecule has 0 bridgehead atoms. The minimum atomic E-state index is -0.813. The van der Waals surface area contributed by atoms with Gasteiger partial charge in [-0.2, -0.15) is 0 Å². The Bertz CT molecular complexity index is 1050. The molecule has 0 spiro atoms. The van der Waals surface area contributed by atoms with E-state index in [-0.39, 0.29) is 18.4 Å². The number of thiazole rings is 1. The molecule has 0 unspecified atom stereocenters. The predicted octanol–water partition coefficient (Wildman–Crippen LogP) is 2.89. The van der Waals surface area contributed by atoms with Gasteiger partial charge >= 0.3 is 5.97 Å². The van der Waals surface area contributed by atoms with Crippen LogP contribution in [0.25, 0.3) is 5.52 Å². The lowest BCUT2D eigenvalue weighted by molar-refractivity contribution is -0.136. The molecule has 3 aromatic heterocycles. The Hall–Kier alpha value is -2.67. The molecule has 1 aliphatic rings. The van der Waals surface area contributed by atoms with Gasteiger partial charge in [0.1, 0.15) is 0 Å². The van der Waals surface area contributed by atoms with E-state index in [0.717, 1.165) is 52.3 Å². The van der Waals surface area contributed by atoms with Crippen molar-refractivity contribution in [3.8, 4) is 0 Å². The number of carboxylic acid groups (broad SMARTS) is 1. The van der Waals surface area contributed by atoms with Gasteiger partial charge in [0.05, 0.1) is 23.5 Å². The van der Waals surface area contributed by atoms with Gasteiger partial charge in [0, 0.05) is 42.3 Å². The molecule has 0 aliphatic heterocycles. The van der Waals surface area contributed by atoms with E-state index in [1.165, 1.54) is 0 Å². The van der Waals surface area contributed by atoms with Crippen LogP contribution in [-0.4, -0.2) is 44.4 Å². The number of carbonyl (C=O) groups is 2. The molecule has 28 heavy (non-hydrogen) atoms. The Balaban J connectivity index is 1.59. The molecule has 1 amide bonds. The minimum Gasteiger partial charge on any atom is -0.481 e. The third-order valence-electron chi connectivity index (χ3n) is 5.60. The third kappa shape index (κ3) is 3.42. The fraction of sp³-hybridized carbons (Fsp3) is 0.381. The Morgan fingerprint density at radius 2 is 2.18 bits per heavy atom. The number of rotatable bonds is 5. The smallest absolute Gasteiger partial charge is 0.307 e. The molecule has 6 nitrogen and oxygen atoms in total. The van der Waals surface area contributed by atoms with Gasteiger partial charge in [-0.1, -0.05) is 6.07 Å². The summed E-state index contributed by atoms with van der Waals surface area (Å²) in [5.41, 5.74) is 4.97. The van der Waals surface area contributed by atoms with E-state index in [4.69, 9.17) is 0 Å². The number of carbonyl (C=O) groups excluding carboxylic acids is 1. The number of aryl methyl sites for hydroxylation is 1. The molecule has 0 saturated carbocycles. The molecular weight excluding hydrogens is 374 g/mol. The van der Waals surface area contributed by atoms with Crippen LogP contribution < -0.4 is 0 Å². The van der Waals surface area contributed by atoms with Crippen LogP contribution in [0.15, 0.2) is 29.8 Å². The monoisotopic (exact) mass is 397 g/mol. The van der Waals surface area contributed by atoms with Gasteiger partial charge in [-0.25, -0.2) is 4.98 Å². The first-order valence-corrected chi connectivity index (χ1v) is 10.3. The van der Waals surface area contributed by atoms with Crippen LogP contribution in [0.1, 0.15) is 33.9 Å². The summed E-state index contributed by atoms with van der Waals surface area (Å²) in [6, 6.07) is 5.98. The summed E-state index contributed by atoms with van der Waals surface area (Å²) < 4.78 is 2.10. The molecule has 3 aromatic rings. The third-order valence-corrected chi connectivity index (χ3v) is 6.42. The van der Waals surface area contributed by atoms with Crippen molar-refractivity contribution in [2.45, 2.75) is 45.1 Å². The fourth-order valence-electron chi connectivity index (χ4n) is 4.20. The van der Waals surface area contributed by atoms with Gasteiger partial charge in [0.2, 0.25) is 5.91 Å². The summed E-state index contributed by atoms with van der Waals surface area (Å²) in [7, 11) is 1.87. The van der Waals surface area contributed by atoms with Crippen molar-refractivity contribution in [1.29, 1.82) is 0 Å². The molecule has 3 heterocycles. The summed E-state index contributed by atoms with van der Waals surface area (Å²) >= 11 is 1.56. The van der Waals surface area contributed by atoms with Gasteiger partial charge in [-0.15, -0.1) is 11.3 Å². The highest BCUT2D eigenvalue weighted by atomic mass is 32.1. The second-order valence-corrected chi connectivity index (χ2v) is 8.43. The molecule has 0 saturated heterocycles. The number of hydrogen-bond donors (Lipinski definition) is 1. The van der Waals surface area contributed by atoms with Gasteiger partial charge in [-0.3, -0.25) is 9.59 Å². The number of hydrogen-bond acceptors (Lipinski definition) is 4. The highest BCUT2D eigenvalue weighted by Gasteiger charge is 2.30. The zero-order valence-corrected chi connectivity index (χ0v) is 16.8. The van der Waals surface area contributed by atoms with Crippen molar-refractivity contribution in [2.75, 3.05) is 7.05 Å². The Morgan fingerprint density at radius 3 is 2.89 bits per heavy atom. The Kier molecular flexibility index (Phi) is 4.93. The molecule has 0 radical (unpaired) electrons. The van der Waals surface area contributed by atoms with E-state index in [9.17, 15) is 14.7 Å². The second kappa shape index (κ2) is 7.39. The van der Waals surface area contributed by atoms with Crippen molar-refractivity contribution >= 4 is 28.7 Å². The molecule has 4 rings (SSSR count). The standard InChI is InChI=1S/C21H23N3O3S/c1-13-22-14(12-28-13)9-20(25)23(2)15-6-7-16-17(11-21(26)27)18-5-3-4-8-24(18)19(16)10-15/h3-5,8,12,15H,6-7,9-11H2,1-2H3,(H,26,27)/t15-/m1/s1. The normalized spacial score (nSPS) is 16.1. The van der Waals surface area contributed by atoms with Crippen LogP contribution in [0, 0.1) is 6.92 Å². The second-order valence-electron chi connectivity index (χ2n) is 7.37.